The van der Waals surface area contributed by atoms with Crippen LogP contribution in [0, 0.1) is 6.92 Å². The van der Waals surface area contributed by atoms with Gasteiger partial charge in [0.2, 0.25) is 0 Å². The summed E-state index contributed by atoms with van der Waals surface area (Å²) < 4.78 is 5.84. The number of H-pyrrole nitrogens is 1. The van der Waals surface area contributed by atoms with Crippen molar-refractivity contribution in [3.05, 3.63) is 53.0 Å². The van der Waals surface area contributed by atoms with Gasteiger partial charge in [-0.15, -0.1) is 0 Å². The van der Waals surface area contributed by atoms with Crippen LogP contribution >= 0.6 is 0 Å². The highest BCUT2D eigenvalue weighted by Gasteiger charge is 2.21. The lowest BCUT2D eigenvalue weighted by Gasteiger charge is -2.15. The molecule has 1 amide bonds. The Morgan fingerprint density at radius 3 is 2.83 bits per heavy atom. The van der Waals surface area contributed by atoms with Gasteiger partial charge in [-0.1, -0.05) is 19.4 Å². The SMILES string of the molecule is CCCc1ccc2oc(C(=O)N(C)CCc3cn[nH]c3)c(C)c2c1. The number of hydrogen-bond acceptors (Lipinski definition) is 3. The molecule has 5 heteroatoms. The van der Waals surface area contributed by atoms with Crippen molar-refractivity contribution in [3.8, 4) is 0 Å². The number of furan rings is 1. The maximum atomic E-state index is 12.7. The van der Waals surface area contributed by atoms with Crippen LogP contribution in [0.4, 0.5) is 0 Å². The van der Waals surface area contributed by atoms with Crippen LogP contribution in [0.15, 0.2) is 35.0 Å². The summed E-state index contributed by atoms with van der Waals surface area (Å²) in [6.45, 7) is 4.74. The Morgan fingerprint density at radius 1 is 1.29 bits per heavy atom. The summed E-state index contributed by atoms with van der Waals surface area (Å²) in [5.41, 5.74) is 4.06. The van der Waals surface area contributed by atoms with Gasteiger partial charge in [-0.3, -0.25) is 9.89 Å². The number of carbonyl (C=O) groups excluding carboxylic acids is 1. The van der Waals surface area contributed by atoms with Crippen LogP contribution in [-0.4, -0.2) is 34.6 Å². The first-order chi connectivity index (χ1) is 11.6. The summed E-state index contributed by atoms with van der Waals surface area (Å²) >= 11 is 0. The van der Waals surface area contributed by atoms with Crippen LogP contribution in [0.2, 0.25) is 0 Å². The topological polar surface area (TPSA) is 62.1 Å². The zero-order chi connectivity index (χ0) is 17.1. The van der Waals surface area contributed by atoms with Crippen LogP contribution in [0.25, 0.3) is 11.0 Å². The van der Waals surface area contributed by atoms with Gasteiger partial charge in [0.1, 0.15) is 5.58 Å². The van der Waals surface area contributed by atoms with E-state index in [1.54, 1.807) is 18.1 Å². The van der Waals surface area contributed by atoms with E-state index in [4.69, 9.17) is 4.42 Å². The number of nitrogens with zero attached hydrogens (tertiary/aromatic N) is 2. The van der Waals surface area contributed by atoms with Gasteiger partial charge in [0.15, 0.2) is 5.76 Å². The van der Waals surface area contributed by atoms with Gasteiger partial charge < -0.3 is 9.32 Å². The first kappa shape index (κ1) is 16.3. The maximum absolute atomic E-state index is 12.7. The van der Waals surface area contributed by atoms with Gasteiger partial charge in [0.05, 0.1) is 6.20 Å². The number of amides is 1. The van der Waals surface area contributed by atoms with Gasteiger partial charge in [0, 0.05) is 30.7 Å². The zero-order valence-electron chi connectivity index (χ0n) is 14.4. The molecule has 2 heterocycles. The Morgan fingerprint density at radius 2 is 2.12 bits per heavy atom. The molecule has 3 rings (SSSR count). The Labute approximate surface area is 141 Å². The van der Waals surface area contributed by atoms with Crippen molar-refractivity contribution >= 4 is 16.9 Å². The minimum Gasteiger partial charge on any atom is -0.451 e. The number of benzene rings is 1. The fourth-order valence-corrected chi connectivity index (χ4v) is 2.90. The molecular formula is C19H23N3O2. The van der Waals surface area contributed by atoms with Crippen molar-refractivity contribution in [2.45, 2.75) is 33.1 Å². The fourth-order valence-electron chi connectivity index (χ4n) is 2.90. The third-order valence-electron chi connectivity index (χ3n) is 4.37. The molecule has 0 unspecified atom stereocenters. The van der Waals surface area contributed by atoms with Crippen molar-refractivity contribution in [3.63, 3.8) is 0 Å². The molecule has 2 aromatic heterocycles. The van der Waals surface area contributed by atoms with Crippen LogP contribution in [0.5, 0.6) is 0 Å². The summed E-state index contributed by atoms with van der Waals surface area (Å²) in [7, 11) is 1.80. The molecule has 0 radical (unpaired) electrons. The molecule has 0 bridgehead atoms. The molecule has 24 heavy (non-hydrogen) atoms. The van der Waals surface area contributed by atoms with E-state index in [1.165, 1.54) is 5.56 Å². The molecule has 0 aliphatic rings. The highest BCUT2D eigenvalue weighted by molar-refractivity contribution is 5.99. The van der Waals surface area contributed by atoms with Gasteiger partial charge in [0.25, 0.3) is 5.91 Å². The molecule has 0 atom stereocenters. The number of likely N-dealkylation sites (N-methyl/N-ethyl adjacent to an activating group) is 1. The first-order valence-corrected chi connectivity index (χ1v) is 8.35. The molecule has 0 aliphatic heterocycles. The van der Waals surface area contributed by atoms with Crippen molar-refractivity contribution in [2.75, 3.05) is 13.6 Å². The Bertz CT molecular complexity index is 834. The van der Waals surface area contributed by atoms with E-state index in [2.05, 4.69) is 29.3 Å². The van der Waals surface area contributed by atoms with Gasteiger partial charge in [-0.25, -0.2) is 0 Å². The number of aromatic nitrogens is 2. The van der Waals surface area contributed by atoms with E-state index < -0.39 is 0 Å². The molecule has 0 fully saturated rings. The van der Waals surface area contributed by atoms with E-state index in [-0.39, 0.29) is 5.91 Å². The summed E-state index contributed by atoms with van der Waals surface area (Å²) in [6, 6.07) is 6.18. The third kappa shape index (κ3) is 3.20. The second kappa shape index (κ2) is 6.91. The van der Waals surface area contributed by atoms with Gasteiger partial charge in [-0.2, -0.15) is 5.10 Å². The number of rotatable bonds is 6. The van der Waals surface area contributed by atoms with E-state index in [1.807, 2.05) is 19.2 Å². The summed E-state index contributed by atoms with van der Waals surface area (Å²) in [5.74, 6) is 0.359. The van der Waals surface area contributed by atoms with Gasteiger partial charge in [-0.05, 0) is 43.0 Å². The number of fused-ring (bicyclic) bond motifs is 1. The maximum Gasteiger partial charge on any atom is 0.289 e. The van der Waals surface area contributed by atoms with Crippen molar-refractivity contribution in [2.24, 2.45) is 0 Å². The molecule has 126 valence electrons. The second-order valence-corrected chi connectivity index (χ2v) is 6.22. The summed E-state index contributed by atoms with van der Waals surface area (Å²) in [4.78, 5) is 14.4. The van der Waals surface area contributed by atoms with Crippen LogP contribution < -0.4 is 0 Å². The molecular weight excluding hydrogens is 302 g/mol. The first-order valence-electron chi connectivity index (χ1n) is 8.35. The number of hydrogen-bond donors (Lipinski definition) is 1. The highest BCUT2D eigenvalue weighted by atomic mass is 16.3. The lowest BCUT2D eigenvalue weighted by Crippen LogP contribution is -2.28. The van der Waals surface area contributed by atoms with Crippen molar-refractivity contribution in [1.29, 1.82) is 0 Å². The third-order valence-corrected chi connectivity index (χ3v) is 4.37. The molecule has 1 aromatic carbocycles. The van der Waals surface area contributed by atoms with E-state index in [0.717, 1.165) is 41.4 Å². The zero-order valence-corrected chi connectivity index (χ0v) is 14.4. The van der Waals surface area contributed by atoms with Crippen molar-refractivity contribution in [1.82, 2.24) is 15.1 Å². The number of nitrogens with one attached hydrogen (secondary N) is 1. The molecule has 5 nitrogen and oxygen atoms in total. The lowest BCUT2D eigenvalue weighted by molar-refractivity contribution is 0.0766. The molecule has 1 N–H and O–H groups in total. The minimum absolute atomic E-state index is 0.0794. The number of carbonyl (C=O) groups is 1. The number of aromatic amines is 1. The lowest BCUT2D eigenvalue weighted by atomic mass is 10.1. The second-order valence-electron chi connectivity index (χ2n) is 6.22. The molecule has 0 aliphatic carbocycles. The van der Waals surface area contributed by atoms with E-state index in [0.29, 0.717) is 12.3 Å². The molecule has 0 saturated carbocycles. The summed E-state index contributed by atoms with van der Waals surface area (Å²) in [5, 5.41) is 7.74. The van der Waals surface area contributed by atoms with Crippen molar-refractivity contribution < 1.29 is 9.21 Å². The Balaban J connectivity index is 1.79. The van der Waals surface area contributed by atoms with Gasteiger partial charge >= 0.3 is 0 Å². The van der Waals surface area contributed by atoms with Crippen LogP contribution in [-0.2, 0) is 12.8 Å². The Kier molecular flexibility index (Phi) is 4.69. The average Bonchev–Trinajstić information content (AvgIpc) is 3.21. The van der Waals surface area contributed by atoms with E-state index >= 15 is 0 Å². The monoisotopic (exact) mass is 325 g/mol. The highest BCUT2D eigenvalue weighted by Crippen LogP contribution is 2.27. The Hall–Kier alpha value is -2.56. The van der Waals surface area contributed by atoms with E-state index in [9.17, 15) is 4.79 Å². The molecule has 3 aromatic rings. The number of aryl methyl sites for hydroxylation is 2. The smallest absolute Gasteiger partial charge is 0.289 e. The fraction of sp³-hybridized carbons (Fsp3) is 0.368. The largest absolute Gasteiger partial charge is 0.451 e. The van der Waals surface area contributed by atoms with Crippen LogP contribution in [0.1, 0.15) is 40.6 Å². The quantitative estimate of drug-likeness (QED) is 0.751. The molecule has 0 spiro atoms. The predicted octanol–water partition coefficient (Wildman–Crippen LogP) is 3.73. The summed E-state index contributed by atoms with van der Waals surface area (Å²) in [6.07, 6.45) is 6.53. The normalized spacial score (nSPS) is 11.1. The predicted molar refractivity (Wildman–Crippen MR) is 94.2 cm³/mol. The standard InChI is InChI=1S/C19H23N3O2/c1-4-5-14-6-7-17-16(10-14)13(2)18(24-17)19(23)22(3)9-8-15-11-20-21-12-15/h6-7,10-12H,4-5,8-9H2,1-3H3,(H,20,21). The average molecular weight is 325 g/mol. The van der Waals surface area contributed by atoms with Crippen LogP contribution in [0.3, 0.4) is 0 Å². The molecule has 0 saturated heterocycles. The minimum atomic E-state index is -0.0794.